The minimum Gasteiger partial charge on any atom is -0.282 e. The van der Waals surface area contributed by atoms with Crippen molar-refractivity contribution in [2.45, 2.75) is 45.4 Å². The van der Waals surface area contributed by atoms with Gasteiger partial charge in [0.1, 0.15) is 0 Å². The summed E-state index contributed by atoms with van der Waals surface area (Å²) < 4.78 is 0. The second-order valence-electron chi connectivity index (χ2n) is 5.02. The average molecular weight is 209 g/mol. The first kappa shape index (κ1) is 10.7. The number of likely N-dealkylation sites (tertiary alicyclic amines) is 1. The molecule has 3 nitrogen and oxygen atoms in total. The van der Waals surface area contributed by atoms with Crippen molar-refractivity contribution in [2.24, 2.45) is 11.8 Å². The van der Waals surface area contributed by atoms with Crippen LogP contribution in [0.25, 0.3) is 0 Å². The number of carbonyl (C=O) groups is 2. The summed E-state index contributed by atoms with van der Waals surface area (Å²) in [5, 5.41) is 0. The number of hydrogen-bond donors (Lipinski definition) is 0. The van der Waals surface area contributed by atoms with Gasteiger partial charge < -0.3 is 0 Å². The predicted octanol–water partition coefficient (Wildman–Crippen LogP) is 1.96. The topological polar surface area (TPSA) is 37.4 Å². The number of carbonyl (C=O) groups excluding carboxylic acids is 2. The van der Waals surface area contributed by atoms with Crippen molar-refractivity contribution < 1.29 is 9.59 Å². The minimum atomic E-state index is 0.0404. The van der Waals surface area contributed by atoms with Crippen molar-refractivity contribution >= 4 is 11.8 Å². The van der Waals surface area contributed by atoms with Gasteiger partial charge in [0.25, 0.3) is 0 Å². The van der Waals surface area contributed by atoms with Crippen LogP contribution in [0, 0.1) is 11.8 Å². The van der Waals surface area contributed by atoms with Crippen LogP contribution in [0.4, 0.5) is 0 Å². The lowest BCUT2D eigenvalue weighted by atomic mass is 9.83. The second kappa shape index (κ2) is 4.33. The molecule has 1 aliphatic heterocycles. The van der Waals surface area contributed by atoms with Crippen molar-refractivity contribution in [3.8, 4) is 0 Å². The van der Waals surface area contributed by atoms with Gasteiger partial charge in [-0.15, -0.1) is 0 Å². The third-order valence-corrected chi connectivity index (χ3v) is 3.73. The molecule has 0 radical (unpaired) electrons. The third kappa shape index (κ3) is 2.39. The molecule has 15 heavy (non-hydrogen) atoms. The Kier molecular flexibility index (Phi) is 3.08. The highest BCUT2D eigenvalue weighted by Gasteiger charge is 2.31. The molecule has 0 bridgehead atoms. The number of nitrogens with zero attached hydrogens (tertiary/aromatic N) is 1. The number of rotatable bonds is 2. The molecular weight excluding hydrogens is 190 g/mol. The molecule has 0 unspecified atom stereocenters. The molecule has 0 N–H and O–H groups in total. The monoisotopic (exact) mass is 209 g/mol. The van der Waals surface area contributed by atoms with E-state index in [2.05, 4.69) is 6.92 Å². The van der Waals surface area contributed by atoms with Gasteiger partial charge in [0.15, 0.2) is 0 Å². The van der Waals surface area contributed by atoms with Crippen LogP contribution in [0.1, 0.15) is 45.4 Å². The Morgan fingerprint density at radius 1 is 1.07 bits per heavy atom. The van der Waals surface area contributed by atoms with Gasteiger partial charge in [-0.05, 0) is 24.7 Å². The van der Waals surface area contributed by atoms with Gasteiger partial charge in [0, 0.05) is 19.4 Å². The van der Waals surface area contributed by atoms with Crippen molar-refractivity contribution in [3.05, 3.63) is 0 Å². The zero-order valence-electron chi connectivity index (χ0n) is 9.37. The smallest absolute Gasteiger partial charge is 0.229 e. The van der Waals surface area contributed by atoms with Gasteiger partial charge in [-0.2, -0.15) is 0 Å². The Morgan fingerprint density at radius 2 is 1.60 bits per heavy atom. The van der Waals surface area contributed by atoms with Crippen LogP contribution in [0.5, 0.6) is 0 Å². The molecule has 0 aromatic carbocycles. The van der Waals surface area contributed by atoms with Crippen molar-refractivity contribution in [3.63, 3.8) is 0 Å². The Balaban J connectivity index is 1.86. The highest BCUT2D eigenvalue weighted by atomic mass is 16.2. The molecule has 2 aliphatic rings. The van der Waals surface area contributed by atoms with E-state index in [-0.39, 0.29) is 11.8 Å². The largest absolute Gasteiger partial charge is 0.282 e. The quantitative estimate of drug-likeness (QED) is 0.652. The van der Waals surface area contributed by atoms with E-state index in [1.165, 1.54) is 30.6 Å². The summed E-state index contributed by atoms with van der Waals surface area (Å²) in [6, 6.07) is 0. The second-order valence-corrected chi connectivity index (χ2v) is 5.02. The molecule has 0 aromatic heterocycles. The van der Waals surface area contributed by atoms with Gasteiger partial charge in [-0.3, -0.25) is 14.5 Å². The van der Waals surface area contributed by atoms with Gasteiger partial charge in [-0.1, -0.05) is 19.8 Å². The van der Waals surface area contributed by atoms with Crippen LogP contribution in [-0.4, -0.2) is 23.3 Å². The highest BCUT2D eigenvalue weighted by molar-refractivity contribution is 6.01. The molecule has 2 amide bonds. The molecular formula is C12H19NO2. The highest BCUT2D eigenvalue weighted by Crippen LogP contribution is 2.29. The molecule has 1 saturated heterocycles. The molecule has 1 heterocycles. The SMILES string of the molecule is CC1CCC(CN2C(=O)CCC2=O)CC1. The van der Waals surface area contributed by atoms with Crippen LogP contribution < -0.4 is 0 Å². The van der Waals surface area contributed by atoms with E-state index in [4.69, 9.17) is 0 Å². The average Bonchev–Trinajstić information content (AvgIpc) is 2.53. The van der Waals surface area contributed by atoms with Crippen LogP contribution in [-0.2, 0) is 9.59 Å². The summed E-state index contributed by atoms with van der Waals surface area (Å²) >= 11 is 0. The maximum Gasteiger partial charge on any atom is 0.229 e. The molecule has 0 atom stereocenters. The van der Waals surface area contributed by atoms with Crippen LogP contribution in [0.2, 0.25) is 0 Å². The summed E-state index contributed by atoms with van der Waals surface area (Å²) in [6.07, 6.45) is 5.72. The van der Waals surface area contributed by atoms with Gasteiger partial charge in [-0.25, -0.2) is 0 Å². The number of amides is 2. The standard InChI is InChI=1S/C12H19NO2/c1-9-2-4-10(5-3-9)8-13-11(14)6-7-12(13)15/h9-10H,2-8H2,1H3. The molecule has 84 valence electrons. The van der Waals surface area contributed by atoms with Crippen LogP contribution in [0.3, 0.4) is 0 Å². The van der Waals surface area contributed by atoms with E-state index in [1.54, 1.807) is 0 Å². The van der Waals surface area contributed by atoms with E-state index in [9.17, 15) is 9.59 Å². The van der Waals surface area contributed by atoms with Gasteiger partial charge in [0.2, 0.25) is 11.8 Å². The lowest BCUT2D eigenvalue weighted by molar-refractivity contribution is -0.139. The van der Waals surface area contributed by atoms with Crippen molar-refractivity contribution in [1.29, 1.82) is 0 Å². The van der Waals surface area contributed by atoms with Gasteiger partial charge >= 0.3 is 0 Å². The number of hydrogen-bond acceptors (Lipinski definition) is 2. The zero-order chi connectivity index (χ0) is 10.8. The van der Waals surface area contributed by atoms with Gasteiger partial charge in [0.05, 0.1) is 0 Å². The van der Waals surface area contributed by atoms with E-state index in [0.717, 1.165) is 5.92 Å². The van der Waals surface area contributed by atoms with Crippen molar-refractivity contribution in [1.82, 2.24) is 4.90 Å². The first-order chi connectivity index (χ1) is 7.16. The molecule has 0 spiro atoms. The fourth-order valence-corrected chi connectivity index (χ4v) is 2.60. The normalized spacial score (nSPS) is 32.5. The Bertz CT molecular complexity index is 251. The maximum atomic E-state index is 11.4. The molecule has 2 fully saturated rings. The zero-order valence-corrected chi connectivity index (χ0v) is 9.37. The Hall–Kier alpha value is -0.860. The number of imide groups is 1. The molecule has 0 aromatic rings. The summed E-state index contributed by atoms with van der Waals surface area (Å²) in [6.45, 7) is 2.97. The molecule has 3 heteroatoms. The summed E-state index contributed by atoms with van der Waals surface area (Å²) in [7, 11) is 0. The Morgan fingerprint density at radius 3 is 2.13 bits per heavy atom. The summed E-state index contributed by atoms with van der Waals surface area (Å²) in [5.74, 6) is 1.47. The summed E-state index contributed by atoms with van der Waals surface area (Å²) in [5.41, 5.74) is 0. The van der Waals surface area contributed by atoms with E-state index in [1.807, 2.05) is 0 Å². The predicted molar refractivity (Wildman–Crippen MR) is 57.1 cm³/mol. The van der Waals surface area contributed by atoms with E-state index < -0.39 is 0 Å². The maximum absolute atomic E-state index is 11.4. The van der Waals surface area contributed by atoms with E-state index in [0.29, 0.717) is 25.3 Å². The fourth-order valence-electron chi connectivity index (χ4n) is 2.60. The Labute approximate surface area is 90.8 Å². The van der Waals surface area contributed by atoms with Crippen LogP contribution >= 0.6 is 0 Å². The fraction of sp³-hybridized carbons (Fsp3) is 0.833. The molecule has 2 rings (SSSR count). The molecule has 1 saturated carbocycles. The third-order valence-electron chi connectivity index (χ3n) is 3.73. The first-order valence-corrected chi connectivity index (χ1v) is 6.00. The van der Waals surface area contributed by atoms with Crippen molar-refractivity contribution in [2.75, 3.05) is 6.54 Å². The molecule has 1 aliphatic carbocycles. The lowest BCUT2D eigenvalue weighted by Crippen LogP contribution is -2.35. The lowest BCUT2D eigenvalue weighted by Gasteiger charge is -2.28. The first-order valence-electron chi connectivity index (χ1n) is 6.00. The van der Waals surface area contributed by atoms with Crippen LogP contribution in [0.15, 0.2) is 0 Å². The minimum absolute atomic E-state index is 0.0404. The summed E-state index contributed by atoms with van der Waals surface area (Å²) in [4.78, 5) is 24.3. The van der Waals surface area contributed by atoms with E-state index >= 15 is 0 Å².